The first kappa shape index (κ1) is 28.1. The van der Waals surface area contributed by atoms with E-state index < -0.39 is 6.37 Å². The summed E-state index contributed by atoms with van der Waals surface area (Å²) in [5.74, 6) is -0.117. The summed E-state index contributed by atoms with van der Waals surface area (Å²) in [4.78, 5) is 13.6. The fraction of sp³-hybridized carbons (Fsp3) is 0.216. The first-order valence-electron chi connectivity index (χ1n) is 15.0. The third kappa shape index (κ3) is 6.47. The molecule has 0 amide bonds. The maximum absolute atomic E-state index is 8.44. The SMILES string of the molecule is Cc1c[c-]c(-c2cc(C)c(C)cn2)cc1.[2H]C([2H])(c1csc2cc(-c3[c-]ccc4c3oc3nc(C)ccc34)ncc12)C(C)C.[Ir]. The summed E-state index contributed by atoms with van der Waals surface area (Å²) in [7, 11) is 0. The first-order chi connectivity index (χ1) is 21.0. The number of furan rings is 1. The number of fused-ring (bicyclic) bond motifs is 4. The molecule has 0 unspecified atom stereocenters. The molecule has 219 valence electrons. The molecule has 0 saturated carbocycles. The number of thiophene rings is 1. The smallest absolute Gasteiger partial charge is 0.216 e. The van der Waals surface area contributed by atoms with Crippen molar-refractivity contribution in [3.63, 3.8) is 0 Å². The van der Waals surface area contributed by atoms with Crippen LogP contribution in [0.4, 0.5) is 0 Å². The fourth-order valence-corrected chi connectivity index (χ4v) is 5.73. The monoisotopic (exact) mass is 762 g/mol. The van der Waals surface area contributed by atoms with E-state index in [-0.39, 0.29) is 26.0 Å². The van der Waals surface area contributed by atoms with E-state index in [4.69, 9.17) is 7.16 Å². The van der Waals surface area contributed by atoms with E-state index in [1.54, 1.807) is 17.5 Å². The standard InChI is InChI=1S/C23H19N2OS.C14H14N.Ir/c1-13(2)9-15-12-27-21-10-20(24-11-19(15)21)18-6-4-5-16-17-8-7-14(3)25-23(17)26-22(16)18;1-10-4-6-13(7-5-10)14-8-11(2)12(3)9-15-14;/h4-5,7-8,10-13H,9H2,1-3H3;4-6,8-9H,1-3H3;/q2*-1;/i9D2;;. The van der Waals surface area contributed by atoms with Crippen molar-refractivity contribution >= 4 is 43.5 Å². The average molecular weight is 762 g/mol. The van der Waals surface area contributed by atoms with Gasteiger partial charge >= 0.3 is 0 Å². The van der Waals surface area contributed by atoms with Crippen LogP contribution in [0.5, 0.6) is 0 Å². The number of pyridine rings is 3. The van der Waals surface area contributed by atoms with Gasteiger partial charge in [-0.3, -0.25) is 0 Å². The van der Waals surface area contributed by atoms with Crippen molar-refractivity contribution in [1.82, 2.24) is 15.0 Å². The Labute approximate surface area is 273 Å². The molecule has 5 heterocycles. The van der Waals surface area contributed by atoms with Crippen LogP contribution in [0.25, 0.3) is 54.7 Å². The zero-order chi connectivity index (χ0) is 31.2. The fourth-order valence-electron chi connectivity index (χ4n) is 4.82. The van der Waals surface area contributed by atoms with Gasteiger partial charge in [-0.25, -0.2) is 4.98 Å². The molecule has 0 aliphatic rings. The molecule has 1 radical (unpaired) electrons. The number of aromatic nitrogens is 3. The maximum atomic E-state index is 8.44. The van der Waals surface area contributed by atoms with Crippen LogP contribution in [0.15, 0.2) is 76.8 Å². The first-order valence-corrected chi connectivity index (χ1v) is 14.9. The summed E-state index contributed by atoms with van der Waals surface area (Å²) in [6, 6.07) is 24.6. The van der Waals surface area contributed by atoms with Crippen LogP contribution in [-0.2, 0) is 26.5 Å². The summed E-state index contributed by atoms with van der Waals surface area (Å²) < 4.78 is 24.0. The van der Waals surface area contributed by atoms with Gasteiger partial charge in [0.25, 0.3) is 0 Å². The van der Waals surface area contributed by atoms with Crippen molar-refractivity contribution < 1.29 is 27.3 Å². The van der Waals surface area contributed by atoms with Crippen LogP contribution in [0, 0.1) is 45.7 Å². The Morgan fingerprint density at radius 3 is 2.44 bits per heavy atom. The molecule has 5 aromatic heterocycles. The Balaban J connectivity index is 0.000000212. The summed E-state index contributed by atoms with van der Waals surface area (Å²) >= 11 is 1.54. The van der Waals surface area contributed by atoms with Crippen molar-refractivity contribution in [2.45, 2.75) is 47.9 Å². The normalized spacial score (nSPS) is 12.2. The van der Waals surface area contributed by atoms with Gasteiger partial charge in [-0.1, -0.05) is 49.4 Å². The molecule has 7 rings (SSSR count). The second-order valence-corrected chi connectivity index (χ2v) is 11.9. The van der Waals surface area contributed by atoms with Crippen molar-refractivity contribution in [1.29, 1.82) is 0 Å². The van der Waals surface area contributed by atoms with Gasteiger partial charge in [0.2, 0.25) is 5.71 Å². The molecule has 0 N–H and O–H groups in total. The molecule has 43 heavy (non-hydrogen) atoms. The van der Waals surface area contributed by atoms with Crippen molar-refractivity contribution in [3.8, 4) is 22.5 Å². The Kier molecular flexibility index (Phi) is 8.42. The molecule has 4 nitrogen and oxygen atoms in total. The van der Waals surface area contributed by atoms with E-state index in [1.807, 2.05) is 68.7 Å². The van der Waals surface area contributed by atoms with Crippen LogP contribution in [0.1, 0.15) is 44.5 Å². The second kappa shape index (κ2) is 12.9. The molecule has 0 saturated heterocycles. The van der Waals surface area contributed by atoms with E-state index in [0.717, 1.165) is 54.7 Å². The quantitative estimate of drug-likeness (QED) is 0.168. The number of nitrogens with zero attached hydrogens (tertiary/aromatic N) is 3. The molecule has 0 aliphatic heterocycles. The van der Waals surface area contributed by atoms with Crippen molar-refractivity contribution in [2.75, 3.05) is 0 Å². The van der Waals surface area contributed by atoms with E-state index in [9.17, 15) is 0 Å². The zero-order valence-electron chi connectivity index (χ0n) is 27.0. The largest absolute Gasteiger partial charge is 0.486 e. The predicted molar refractivity (Wildman–Crippen MR) is 175 cm³/mol. The minimum absolute atomic E-state index is 0. The zero-order valence-corrected chi connectivity index (χ0v) is 28.2. The summed E-state index contributed by atoms with van der Waals surface area (Å²) in [6.07, 6.45) is 2.29. The van der Waals surface area contributed by atoms with Gasteiger partial charge in [0.15, 0.2) is 0 Å². The van der Waals surface area contributed by atoms with E-state index in [0.29, 0.717) is 11.3 Å². The maximum Gasteiger partial charge on any atom is 0.216 e. The molecule has 0 aliphatic carbocycles. The minimum Gasteiger partial charge on any atom is -0.486 e. The van der Waals surface area contributed by atoms with Crippen LogP contribution < -0.4 is 0 Å². The number of benzene rings is 2. The van der Waals surface area contributed by atoms with Gasteiger partial charge in [-0.15, -0.1) is 64.9 Å². The molecule has 0 spiro atoms. The number of hydrogen-bond acceptors (Lipinski definition) is 5. The number of aryl methyl sites for hydroxylation is 4. The van der Waals surface area contributed by atoms with Gasteiger partial charge in [-0.05, 0) is 73.1 Å². The number of hydrogen-bond donors (Lipinski definition) is 0. The summed E-state index contributed by atoms with van der Waals surface area (Å²) in [6.45, 7) is 12.0. The van der Waals surface area contributed by atoms with Gasteiger partial charge in [0, 0.05) is 56.4 Å². The van der Waals surface area contributed by atoms with Gasteiger partial charge in [0.05, 0.1) is 5.58 Å². The Bertz CT molecular complexity index is 2130. The summed E-state index contributed by atoms with van der Waals surface area (Å²) in [5, 5.41) is 4.75. The number of rotatable bonds is 4. The Hall–Kier alpha value is -3.70. The summed E-state index contributed by atoms with van der Waals surface area (Å²) in [5.41, 5.74) is 10.3. The van der Waals surface area contributed by atoms with Crippen molar-refractivity contribution in [3.05, 3.63) is 112 Å². The average Bonchev–Trinajstić information content (AvgIpc) is 3.60. The van der Waals surface area contributed by atoms with E-state index in [1.165, 1.54) is 16.7 Å². The third-order valence-corrected chi connectivity index (χ3v) is 8.16. The molecule has 0 bridgehead atoms. The third-order valence-electron chi connectivity index (χ3n) is 7.21. The van der Waals surface area contributed by atoms with Gasteiger partial charge in [0.1, 0.15) is 0 Å². The molecular weight excluding hydrogens is 727 g/mol. The molecular formula is C37H33IrN3OS-2. The molecule has 7 aromatic rings. The van der Waals surface area contributed by atoms with Crippen LogP contribution in [-0.4, -0.2) is 15.0 Å². The second-order valence-electron chi connectivity index (χ2n) is 11.0. The minimum atomic E-state index is -1.39. The topological polar surface area (TPSA) is 51.8 Å². The predicted octanol–water partition coefficient (Wildman–Crippen LogP) is 10.0. The molecule has 0 fully saturated rings. The van der Waals surface area contributed by atoms with Crippen LogP contribution >= 0.6 is 11.3 Å². The van der Waals surface area contributed by atoms with Gasteiger partial charge in [-0.2, -0.15) is 0 Å². The van der Waals surface area contributed by atoms with E-state index >= 15 is 0 Å². The Morgan fingerprint density at radius 1 is 0.884 bits per heavy atom. The van der Waals surface area contributed by atoms with Crippen LogP contribution in [0.2, 0.25) is 0 Å². The molecule has 2 aromatic carbocycles. The molecule has 0 atom stereocenters. The molecule has 6 heteroatoms. The Morgan fingerprint density at radius 2 is 1.70 bits per heavy atom. The van der Waals surface area contributed by atoms with Crippen molar-refractivity contribution in [2.24, 2.45) is 5.92 Å². The van der Waals surface area contributed by atoms with E-state index in [2.05, 4.69) is 66.1 Å². The van der Waals surface area contributed by atoms with Gasteiger partial charge < -0.3 is 14.4 Å². The van der Waals surface area contributed by atoms with Crippen LogP contribution in [0.3, 0.4) is 0 Å².